The Hall–Kier alpha value is -2.73. The smallest absolute Gasteiger partial charge is 0.324 e. The fraction of sp³-hybridized carbons (Fsp3) is 0.190. The zero-order valence-corrected chi connectivity index (χ0v) is 14.1. The average molecular weight is 373 g/mol. The van der Waals surface area contributed by atoms with Crippen molar-refractivity contribution >= 4 is 0 Å². The van der Waals surface area contributed by atoms with Crippen LogP contribution in [0.25, 0.3) is 0 Å². The van der Waals surface area contributed by atoms with E-state index in [0.29, 0.717) is 12.5 Å². The van der Waals surface area contributed by atoms with Gasteiger partial charge in [-0.25, -0.2) is 8.78 Å². The first-order chi connectivity index (χ1) is 12.9. The second-order valence-electron chi connectivity index (χ2n) is 6.53. The normalized spacial score (nSPS) is 19.1. The number of pyridine rings is 1. The van der Waals surface area contributed by atoms with E-state index in [1.807, 2.05) is 30.3 Å². The lowest BCUT2D eigenvalue weighted by atomic mass is 9.90. The van der Waals surface area contributed by atoms with Gasteiger partial charge in [0.1, 0.15) is 17.3 Å². The molecule has 0 amide bonds. The quantitative estimate of drug-likeness (QED) is 0.466. The van der Waals surface area contributed by atoms with Crippen LogP contribution in [0.3, 0.4) is 0 Å². The molecule has 1 unspecified atom stereocenters. The van der Waals surface area contributed by atoms with Crippen LogP contribution in [-0.2, 0) is 22.7 Å². The number of benzene rings is 2. The second kappa shape index (κ2) is 6.46. The average Bonchev–Trinajstić information content (AvgIpc) is 3.45. The van der Waals surface area contributed by atoms with E-state index in [1.165, 1.54) is 12.3 Å². The van der Waals surface area contributed by atoms with Crippen molar-refractivity contribution in [1.82, 2.24) is 4.98 Å². The summed E-state index contributed by atoms with van der Waals surface area (Å²) in [6.45, 7) is -0.365. The van der Waals surface area contributed by atoms with Crippen molar-refractivity contribution in [2.75, 3.05) is 6.61 Å². The Morgan fingerprint density at radius 1 is 0.963 bits per heavy atom. The summed E-state index contributed by atoms with van der Waals surface area (Å²) in [6.07, 6.45) is 1.95. The predicted molar refractivity (Wildman–Crippen MR) is 91.4 cm³/mol. The third-order valence-corrected chi connectivity index (χ3v) is 4.70. The molecule has 2 nitrogen and oxygen atoms in total. The molecule has 1 aliphatic heterocycles. The molecule has 1 atom stereocenters. The lowest BCUT2D eigenvalue weighted by molar-refractivity contribution is -0.0901. The summed E-state index contributed by atoms with van der Waals surface area (Å²) < 4.78 is 62.3. The van der Waals surface area contributed by atoms with E-state index < -0.39 is 28.9 Å². The second-order valence-corrected chi connectivity index (χ2v) is 6.53. The van der Waals surface area contributed by atoms with E-state index in [-0.39, 0.29) is 12.2 Å². The molecule has 2 heterocycles. The minimum Gasteiger partial charge on any atom is -0.357 e. The summed E-state index contributed by atoms with van der Waals surface area (Å²) in [5.74, 6) is -5.46. The zero-order valence-electron chi connectivity index (χ0n) is 14.1. The maximum absolute atomic E-state index is 15.1. The third kappa shape index (κ3) is 3.10. The Bertz CT molecular complexity index is 954. The summed E-state index contributed by atoms with van der Waals surface area (Å²) in [4.78, 5) is 3.90. The van der Waals surface area contributed by atoms with Crippen LogP contribution in [0.2, 0.25) is 0 Å². The standard InChI is InChI=1S/C21H15F4NO/c22-16-7-8-17(18(23)11-16)20(13-27-20)21(24,25)19-9-6-15(12-26-19)10-14-4-2-1-3-5-14/h1-9,11-12H,10,13H2. The predicted octanol–water partition coefficient (Wildman–Crippen LogP) is 4.97. The number of rotatable bonds is 5. The Morgan fingerprint density at radius 2 is 1.70 bits per heavy atom. The Morgan fingerprint density at radius 3 is 2.30 bits per heavy atom. The summed E-state index contributed by atoms with van der Waals surface area (Å²) in [7, 11) is 0. The van der Waals surface area contributed by atoms with Crippen LogP contribution in [0.4, 0.5) is 17.6 Å². The van der Waals surface area contributed by atoms with Crippen molar-refractivity contribution in [3.63, 3.8) is 0 Å². The number of hydrogen-bond donors (Lipinski definition) is 0. The van der Waals surface area contributed by atoms with E-state index in [0.717, 1.165) is 23.3 Å². The molecule has 0 aliphatic carbocycles. The molecule has 1 saturated heterocycles. The first kappa shape index (κ1) is 17.7. The van der Waals surface area contributed by atoms with Crippen LogP contribution in [0.15, 0.2) is 66.9 Å². The molecule has 0 radical (unpaired) electrons. The molecule has 138 valence electrons. The van der Waals surface area contributed by atoms with E-state index in [2.05, 4.69) is 4.98 Å². The number of alkyl halides is 2. The molecular weight excluding hydrogens is 358 g/mol. The molecule has 1 aromatic heterocycles. The molecule has 27 heavy (non-hydrogen) atoms. The van der Waals surface area contributed by atoms with Gasteiger partial charge in [-0.1, -0.05) is 36.4 Å². The maximum atomic E-state index is 15.1. The fourth-order valence-corrected chi connectivity index (χ4v) is 3.15. The van der Waals surface area contributed by atoms with Gasteiger partial charge in [-0.3, -0.25) is 4.98 Å². The first-order valence-electron chi connectivity index (χ1n) is 8.39. The van der Waals surface area contributed by atoms with Crippen LogP contribution in [0.5, 0.6) is 0 Å². The molecule has 1 fully saturated rings. The van der Waals surface area contributed by atoms with Gasteiger partial charge < -0.3 is 4.74 Å². The monoisotopic (exact) mass is 373 g/mol. The molecule has 0 N–H and O–H groups in total. The molecule has 0 bridgehead atoms. The molecule has 0 spiro atoms. The van der Waals surface area contributed by atoms with Gasteiger partial charge in [-0.15, -0.1) is 0 Å². The van der Waals surface area contributed by atoms with Gasteiger partial charge in [0.25, 0.3) is 0 Å². The van der Waals surface area contributed by atoms with Gasteiger partial charge in [-0.05, 0) is 35.7 Å². The maximum Gasteiger partial charge on any atom is 0.324 e. The zero-order chi connectivity index (χ0) is 19.1. The van der Waals surface area contributed by atoms with Gasteiger partial charge in [0.2, 0.25) is 0 Å². The van der Waals surface area contributed by atoms with Crippen molar-refractivity contribution in [2.45, 2.75) is 17.9 Å². The molecule has 4 rings (SSSR count). The van der Waals surface area contributed by atoms with Gasteiger partial charge >= 0.3 is 5.92 Å². The van der Waals surface area contributed by atoms with Crippen molar-refractivity contribution in [2.24, 2.45) is 0 Å². The van der Waals surface area contributed by atoms with E-state index in [9.17, 15) is 8.78 Å². The van der Waals surface area contributed by atoms with Gasteiger partial charge in [0, 0.05) is 17.8 Å². The SMILES string of the molecule is Fc1ccc(C2(C(F)(F)c3ccc(Cc4ccccc4)cn3)CO2)c(F)c1. The van der Waals surface area contributed by atoms with Crippen LogP contribution in [0.1, 0.15) is 22.4 Å². The largest absolute Gasteiger partial charge is 0.357 e. The van der Waals surface area contributed by atoms with Crippen molar-refractivity contribution in [1.29, 1.82) is 0 Å². The minimum absolute atomic E-state index is 0.365. The van der Waals surface area contributed by atoms with E-state index in [1.54, 1.807) is 6.07 Å². The number of halogens is 4. The van der Waals surface area contributed by atoms with E-state index in [4.69, 9.17) is 4.74 Å². The highest BCUT2D eigenvalue weighted by Crippen LogP contribution is 2.56. The highest BCUT2D eigenvalue weighted by Gasteiger charge is 2.68. The molecule has 1 aliphatic rings. The highest BCUT2D eigenvalue weighted by molar-refractivity contribution is 5.36. The number of ether oxygens (including phenoxy) is 1. The highest BCUT2D eigenvalue weighted by atomic mass is 19.3. The fourth-order valence-electron chi connectivity index (χ4n) is 3.15. The van der Waals surface area contributed by atoms with Crippen LogP contribution >= 0.6 is 0 Å². The molecular formula is C21H15F4NO. The van der Waals surface area contributed by atoms with Gasteiger partial charge in [0.15, 0.2) is 5.60 Å². The number of hydrogen-bond acceptors (Lipinski definition) is 2. The summed E-state index contributed by atoms with van der Waals surface area (Å²) in [5.41, 5.74) is -1.23. The third-order valence-electron chi connectivity index (χ3n) is 4.70. The number of epoxide rings is 1. The van der Waals surface area contributed by atoms with Crippen LogP contribution in [-0.4, -0.2) is 11.6 Å². The van der Waals surface area contributed by atoms with Crippen molar-refractivity contribution in [3.8, 4) is 0 Å². The van der Waals surface area contributed by atoms with Gasteiger partial charge in [0.05, 0.1) is 6.61 Å². The summed E-state index contributed by atoms with van der Waals surface area (Å²) >= 11 is 0. The first-order valence-corrected chi connectivity index (χ1v) is 8.39. The lowest BCUT2D eigenvalue weighted by Gasteiger charge is -2.24. The topological polar surface area (TPSA) is 25.4 Å². The minimum atomic E-state index is -3.56. The molecule has 0 saturated carbocycles. The van der Waals surface area contributed by atoms with Gasteiger partial charge in [-0.2, -0.15) is 8.78 Å². The van der Waals surface area contributed by atoms with Crippen LogP contribution < -0.4 is 0 Å². The number of aromatic nitrogens is 1. The summed E-state index contributed by atoms with van der Waals surface area (Å²) in [6, 6.07) is 14.9. The van der Waals surface area contributed by atoms with Crippen LogP contribution in [0, 0.1) is 11.6 Å². The molecule has 2 aromatic carbocycles. The summed E-state index contributed by atoms with van der Waals surface area (Å²) in [5, 5.41) is 0. The Balaban J connectivity index is 1.62. The van der Waals surface area contributed by atoms with Crippen molar-refractivity contribution in [3.05, 3.63) is 101 Å². The Kier molecular flexibility index (Phi) is 4.23. The number of nitrogens with zero attached hydrogens (tertiary/aromatic N) is 1. The Labute approximate surface area is 153 Å². The molecule has 6 heteroatoms. The van der Waals surface area contributed by atoms with E-state index >= 15 is 8.78 Å². The molecule has 3 aromatic rings. The lowest BCUT2D eigenvalue weighted by Crippen LogP contribution is -2.34. The van der Waals surface area contributed by atoms with Crippen molar-refractivity contribution < 1.29 is 22.3 Å².